The Morgan fingerprint density at radius 1 is 0.765 bits per heavy atom. The highest BCUT2D eigenvalue weighted by Crippen LogP contribution is 2.28. The summed E-state index contributed by atoms with van der Waals surface area (Å²) in [6.45, 7) is 4.11. The van der Waals surface area contributed by atoms with Crippen LogP contribution in [0.2, 0.25) is 0 Å². The summed E-state index contributed by atoms with van der Waals surface area (Å²) in [5, 5.41) is 3.34. The fraction of sp³-hybridized carbons (Fsp3) is 0.143. The highest BCUT2D eigenvalue weighted by atomic mass is 32.1. The average molecular weight is 261 g/mol. The molecule has 0 heterocycles. The zero-order valence-corrected chi connectivity index (χ0v) is 11.6. The van der Waals surface area contributed by atoms with Crippen LogP contribution in [0.5, 0.6) is 0 Å². The van der Waals surface area contributed by atoms with Crippen LogP contribution >= 0.6 is 25.3 Å². The lowest BCUT2D eigenvalue weighted by Crippen LogP contribution is -1.93. The summed E-state index contributed by atoms with van der Waals surface area (Å²) in [5.41, 5.74) is 4.40. The molecular weight excluding hydrogens is 246 g/mol. The molecule has 2 aromatic carbocycles. The highest BCUT2D eigenvalue weighted by Gasteiger charge is 2.03. The minimum absolute atomic E-state index is 0.943. The Kier molecular flexibility index (Phi) is 3.69. The van der Waals surface area contributed by atoms with E-state index in [0.29, 0.717) is 0 Å². The first-order valence-electron chi connectivity index (χ1n) is 5.42. The second kappa shape index (κ2) is 5.07. The van der Waals surface area contributed by atoms with Crippen LogP contribution in [0, 0.1) is 13.8 Å². The van der Waals surface area contributed by atoms with Crippen LogP contribution < -0.4 is 5.32 Å². The maximum atomic E-state index is 4.46. The largest absolute Gasteiger partial charge is 0.354 e. The highest BCUT2D eigenvalue weighted by molar-refractivity contribution is 7.80. The van der Waals surface area contributed by atoms with Gasteiger partial charge in [0.1, 0.15) is 0 Å². The lowest BCUT2D eigenvalue weighted by atomic mass is 10.2. The summed E-state index contributed by atoms with van der Waals surface area (Å²) < 4.78 is 0. The predicted octanol–water partition coefficient (Wildman–Crippen LogP) is 4.62. The Hall–Kier alpha value is -1.06. The quantitative estimate of drug-likeness (QED) is 0.670. The number of benzene rings is 2. The number of nitrogens with one attached hydrogen (secondary N) is 1. The van der Waals surface area contributed by atoms with Gasteiger partial charge in [0.05, 0.1) is 11.4 Å². The van der Waals surface area contributed by atoms with Crippen molar-refractivity contribution in [1.29, 1.82) is 0 Å². The van der Waals surface area contributed by atoms with E-state index >= 15 is 0 Å². The molecule has 0 amide bonds. The minimum atomic E-state index is 0.943. The van der Waals surface area contributed by atoms with E-state index in [1.807, 2.05) is 24.3 Å². The van der Waals surface area contributed by atoms with Crippen LogP contribution in [0.1, 0.15) is 11.1 Å². The first-order chi connectivity index (χ1) is 8.06. The van der Waals surface area contributed by atoms with E-state index in [1.165, 1.54) is 11.1 Å². The second-order valence-electron chi connectivity index (χ2n) is 4.17. The molecule has 0 aliphatic heterocycles. The predicted molar refractivity (Wildman–Crippen MR) is 80.1 cm³/mol. The summed E-state index contributed by atoms with van der Waals surface area (Å²) in [5.74, 6) is 0. The Morgan fingerprint density at radius 3 is 1.53 bits per heavy atom. The Bertz CT molecular complexity index is 500. The van der Waals surface area contributed by atoms with Crippen molar-refractivity contribution < 1.29 is 0 Å². The number of hydrogen-bond donors (Lipinski definition) is 3. The smallest absolute Gasteiger partial charge is 0.0520 e. The number of aryl methyl sites for hydroxylation is 2. The molecule has 0 aliphatic rings. The Morgan fingerprint density at radius 2 is 1.18 bits per heavy atom. The summed E-state index contributed by atoms with van der Waals surface area (Å²) in [7, 11) is 0. The summed E-state index contributed by atoms with van der Waals surface area (Å²) >= 11 is 8.93. The molecule has 17 heavy (non-hydrogen) atoms. The topological polar surface area (TPSA) is 12.0 Å². The molecular formula is C14H15NS2. The summed E-state index contributed by atoms with van der Waals surface area (Å²) in [6, 6.07) is 12.3. The van der Waals surface area contributed by atoms with Crippen LogP contribution in [0.25, 0.3) is 0 Å². The fourth-order valence-corrected chi connectivity index (χ4v) is 2.31. The van der Waals surface area contributed by atoms with Gasteiger partial charge in [-0.05, 0) is 49.2 Å². The van der Waals surface area contributed by atoms with Crippen molar-refractivity contribution in [2.75, 3.05) is 5.32 Å². The molecule has 0 fully saturated rings. The van der Waals surface area contributed by atoms with Crippen molar-refractivity contribution in [3.05, 3.63) is 47.5 Å². The molecule has 88 valence electrons. The van der Waals surface area contributed by atoms with Gasteiger partial charge < -0.3 is 5.32 Å². The lowest BCUT2D eigenvalue weighted by molar-refractivity contribution is 1.31. The molecule has 0 spiro atoms. The molecule has 0 radical (unpaired) electrons. The van der Waals surface area contributed by atoms with Crippen LogP contribution in [0.15, 0.2) is 46.2 Å². The lowest BCUT2D eigenvalue weighted by Gasteiger charge is -2.12. The van der Waals surface area contributed by atoms with Crippen molar-refractivity contribution >= 4 is 36.6 Å². The normalized spacial score (nSPS) is 10.4. The van der Waals surface area contributed by atoms with Crippen LogP contribution in [0.3, 0.4) is 0 Å². The molecule has 0 saturated carbocycles. The second-order valence-corrected chi connectivity index (χ2v) is 5.13. The zero-order valence-electron chi connectivity index (χ0n) is 9.86. The first kappa shape index (κ1) is 12.4. The van der Waals surface area contributed by atoms with E-state index < -0.39 is 0 Å². The Labute approximate surface area is 113 Å². The van der Waals surface area contributed by atoms with Gasteiger partial charge in [0.15, 0.2) is 0 Å². The molecule has 2 aromatic rings. The van der Waals surface area contributed by atoms with Gasteiger partial charge in [0.2, 0.25) is 0 Å². The van der Waals surface area contributed by atoms with Crippen LogP contribution in [-0.2, 0) is 0 Å². The summed E-state index contributed by atoms with van der Waals surface area (Å²) in [4.78, 5) is 1.89. The van der Waals surface area contributed by atoms with E-state index in [4.69, 9.17) is 0 Å². The van der Waals surface area contributed by atoms with E-state index in [9.17, 15) is 0 Å². The molecule has 0 saturated heterocycles. The molecule has 0 bridgehead atoms. The van der Waals surface area contributed by atoms with Gasteiger partial charge in [-0.1, -0.05) is 12.1 Å². The van der Waals surface area contributed by atoms with E-state index in [1.54, 1.807) is 0 Å². The molecule has 0 atom stereocenters. The molecule has 3 heteroatoms. The van der Waals surface area contributed by atoms with Gasteiger partial charge in [-0.3, -0.25) is 0 Å². The zero-order chi connectivity index (χ0) is 12.4. The van der Waals surface area contributed by atoms with Crippen molar-refractivity contribution in [3.8, 4) is 0 Å². The number of hydrogen-bond acceptors (Lipinski definition) is 3. The van der Waals surface area contributed by atoms with E-state index in [2.05, 4.69) is 56.6 Å². The SMILES string of the molecule is Cc1ccc(Nc2ccc(C)cc2S)c(S)c1. The minimum Gasteiger partial charge on any atom is -0.354 e. The van der Waals surface area contributed by atoms with E-state index in [0.717, 1.165) is 21.2 Å². The third-order valence-corrected chi connectivity index (χ3v) is 3.32. The van der Waals surface area contributed by atoms with Crippen LogP contribution in [-0.4, -0.2) is 0 Å². The molecule has 2 rings (SSSR count). The molecule has 0 aromatic heterocycles. The van der Waals surface area contributed by atoms with E-state index in [-0.39, 0.29) is 0 Å². The van der Waals surface area contributed by atoms with Gasteiger partial charge in [-0.15, -0.1) is 25.3 Å². The van der Waals surface area contributed by atoms with Crippen LogP contribution in [0.4, 0.5) is 11.4 Å². The molecule has 1 nitrogen and oxygen atoms in total. The van der Waals surface area contributed by atoms with Gasteiger partial charge >= 0.3 is 0 Å². The molecule has 1 N–H and O–H groups in total. The van der Waals surface area contributed by atoms with Gasteiger partial charge in [0, 0.05) is 9.79 Å². The van der Waals surface area contributed by atoms with Gasteiger partial charge in [0.25, 0.3) is 0 Å². The number of rotatable bonds is 2. The average Bonchev–Trinajstić information content (AvgIpc) is 2.25. The van der Waals surface area contributed by atoms with Crippen molar-refractivity contribution in [3.63, 3.8) is 0 Å². The Balaban J connectivity index is 2.31. The maximum absolute atomic E-state index is 4.46. The number of thiol groups is 2. The van der Waals surface area contributed by atoms with Gasteiger partial charge in [-0.2, -0.15) is 0 Å². The number of anilines is 2. The maximum Gasteiger partial charge on any atom is 0.0520 e. The monoisotopic (exact) mass is 261 g/mol. The molecule has 0 aliphatic carbocycles. The summed E-state index contributed by atoms with van der Waals surface area (Å²) in [6.07, 6.45) is 0. The third-order valence-electron chi connectivity index (χ3n) is 2.58. The van der Waals surface area contributed by atoms with Gasteiger partial charge in [-0.25, -0.2) is 0 Å². The standard InChI is InChI=1S/C14H15NS2/c1-9-3-5-11(13(16)7-9)15-12-6-4-10(2)8-14(12)17/h3-8,15-17H,1-2H3. The van der Waals surface area contributed by atoms with Crippen molar-refractivity contribution in [2.45, 2.75) is 23.6 Å². The fourth-order valence-electron chi connectivity index (χ4n) is 1.64. The molecule has 0 unspecified atom stereocenters. The van der Waals surface area contributed by atoms with Crippen molar-refractivity contribution in [2.24, 2.45) is 0 Å². The van der Waals surface area contributed by atoms with Crippen molar-refractivity contribution in [1.82, 2.24) is 0 Å². The third kappa shape index (κ3) is 2.99. The first-order valence-corrected chi connectivity index (χ1v) is 6.32.